The first-order valence-corrected chi connectivity index (χ1v) is 12.0. The second-order valence-corrected chi connectivity index (χ2v) is 10.4. The van der Waals surface area contributed by atoms with Crippen molar-refractivity contribution in [2.24, 2.45) is 24.8 Å². The largest absolute Gasteiger partial charge is 0.481 e. The summed E-state index contributed by atoms with van der Waals surface area (Å²) >= 11 is 13.1. The lowest BCUT2D eigenvalue weighted by Gasteiger charge is -2.21. The topological polar surface area (TPSA) is 75.4 Å². The average molecular weight is 522 g/mol. The van der Waals surface area contributed by atoms with Gasteiger partial charge >= 0.3 is 5.97 Å². The van der Waals surface area contributed by atoms with E-state index in [1.165, 1.54) is 12.1 Å². The minimum Gasteiger partial charge on any atom is -0.481 e. The molecule has 0 unspecified atom stereocenters. The zero-order valence-corrected chi connectivity index (χ0v) is 20.8. The van der Waals surface area contributed by atoms with Crippen LogP contribution in [0.3, 0.4) is 0 Å². The number of carbonyl (C=O) groups excluding carboxylic acids is 1. The molecule has 1 saturated carbocycles. The van der Waals surface area contributed by atoms with Gasteiger partial charge in [-0.3, -0.25) is 9.59 Å². The normalized spacial score (nSPS) is 21.5. The van der Waals surface area contributed by atoms with Gasteiger partial charge in [0.1, 0.15) is 5.82 Å². The Labute approximate surface area is 210 Å². The number of fused-ring (bicyclic) bond motifs is 2. The van der Waals surface area contributed by atoms with E-state index in [-0.39, 0.29) is 40.7 Å². The molecule has 184 valence electrons. The molecule has 35 heavy (non-hydrogen) atoms. The zero-order chi connectivity index (χ0) is 25.4. The molecule has 2 aliphatic rings. The van der Waals surface area contributed by atoms with Gasteiger partial charge in [0.15, 0.2) is 0 Å². The maximum Gasteiger partial charge on any atom is 0.307 e. The molecule has 3 aromatic rings. The van der Waals surface area contributed by atoms with Gasteiger partial charge in [0.2, 0.25) is 0 Å². The van der Waals surface area contributed by atoms with Crippen LogP contribution in [0.1, 0.15) is 39.8 Å². The van der Waals surface area contributed by atoms with Crippen LogP contribution in [0.15, 0.2) is 24.3 Å². The van der Waals surface area contributed by atoms with Crippen molar-refractivity contribution in [1.29, 1.82) is 0 Å². The fourth-order valence-electron chi connectivity index (χ4n) is 5.23. The number of amides is 1. The summed E-state index contributed by atoms with van der Waals surface area (Å²) in [7, 11) is 1.74. The lowest BCUT2D eigenvalue weighted by atomic mass is 10.1. The first-order valence-electron chi connectivity index (χ1n) is 11.2. The van der Waals surface area contributed by atoms with Crippen molar-refractivity contribution >= 4 is 46.1 Å². The number of aromatic nitrogens is 2. The van der Waals surface area contributed by atoms with E-state index in [0.717, 1.165) is 6.92 Å². The molecule has 5 rings (SSSR count). The predicted octanol–water partition coefficient (Wildman–Crippen LogP) is 5.29. The minimum absolute atomic E-state index is 0.00868. The highest BCUT2D eigenvalue weighted by atomic mass is 35.5. The number of halogens is 4. The fourth-order valence-corrected chi connectivity index (χ4v) is 5.81. The number of rotatable bonds is 5. The molecular weight excluding hydrogens is 499 g/mol. The van der Waals surface area contributed by atoms with Gasteiger partial charge in [-0.2, -0.15) is 0 Å². The Morgan fingerprint density at radius 1 is 1.20 bits per heavy atom. The first kappa shape index (κ1) is 24.0. The van der Waals surface area contributed by atoms with Gasteiger partial charge in [-0.1, -0.05) is 23.2 Å². The maximum absolute atomic E-state index is 14.0. The SMILES string of the molecule is Cc1cc(C(C)(F)F)cc2c1nc(Cc1c(Cl)ccc(C(=O)N3C[C@@H]4[C@H](C3)[C@H]4C(=O)O)c1Cl)n2C. The Balaban J connectivity index is 1.45. The summed E-state index contributed by atoms with van der Waals surface area (Å²) in [5.41, 5.74) is 2.54. The van der Waals surface area contributed by atoms with E-state index in [1.807, 2.05) is 0 Å². The molecule has 0 bridgehead atoms. The van der Waals surface area contributed by atoms with Crippen molar-refractivity contribution in [2.75, 3.05) is 13.1 Å². The molecule has 1 aliphatic carbocycles. The second kappa shape index (κ2) is 8.17. The summed E-state index contributed by atoms with van der Waals surface area (Å²) in [6.07, 6.45) is 0.202. The number of aliphatic carboxylic acids is 1. The van der Waals surface area contributed by atoms with Gasteiger partial charge in [-0.05, 0) is 54.2 Å². The highest BCUT2D eigenvalue weighted by Gasteiger charge is 2.60. The molecular formula is C25H23Cl2F2N3O3. The van der Waals surface area contributed by atoms with Gasteiger partial charge in [0.25, 0.3) is 11.8 Å². The van der Waals surface area contributed by atoms with E-state index in [0.29, 0.717) is 51.7 Å². The summed E-state index contributed by atoms with van der Waals surface area (Å²) in [5, 5.41) is 9.79. The molecule has 2 fully saturated rings. The van der Waals surface area contributed by atoms with E-state index < -0.39 is 11.9 Å². The number of carbonyl (C=O) groups is 2. The molecule has 1 aliphatic heterocycles. The third kappa shape index (κ3) is 3.96. The molecule has 2 heterocycles. The number of piperidine rings is 1. The van der Waals surface area contributed by atoms with Crippen molar-refractivity contribution in [3.63, 3.8) is 0 Å². The Kier molecular flexibility index (Phi) is 5.60. The number of carboxylic acid groups (broad SMARTS) is 1. The molecule has 6 nitrogen and oxygen atoms in total. The monoisotopic (exact) mass is 521 g/mol. The van der Waals surface area contributed by atoms with Crippen molar-refractivity contribution in [2.45, 2.75) is 26.2 Å². The van der Waals surface area contributed by atoms with E-state index in [1.54, 1.807) is 35.6 Å². The van der Waals surface area contributed by atoms with Crippen LogP contribution < -0.4 is 0 Å². The summed E-state index contributed by atoms with van der Waals surface area (Å²) in [5.74, 6) is -3.88. The predicted molar refractivity (Wildman–Crippen MR) is 128 cm³/mol. The number of alkyl halides is 2. The summed E-state index contributed by atoms with van der Waals surface area (Å²) in [4.78, 5) is 30.7. The summed E-state index contributed by atoms with van der Waals surface area (Å²) in [6, 6.07) is 6.05. The lowest BCUT2D eigenvalue weighted by Crippen LogP contribution is -2.32. The van der Waals surface area contributed by atoms with E-state index in [2.05, 4.69) is 4.98 Å². The average Bonchev–Trinajstić information content (AvgIpc) is 3.11. The van der Waals surface area contributed by atoms with Gasteiger partial charge in [-0.15, -0.1) is 0 Å². The summed E-state index contributed by atoms with van der Waals surface area (Å²) in [6.45, 7) is 3.38. The number of benzene rings is 2. The third-order valence-electron chi connectivity index (χ3n) is 7.29. The number of hydrogen-bond donors (Lipinski definition) is 1. The van der Waals surface area contributed by atoms with Gasteiger partial charge in [0, 0.05) is 44.1 Å². The third-order valence-corrected chi connectivity index (χ3v) is 8.08. The number of carboxylic acids is 1. The van der Waals surface area contributed by atoms with Crippen molar-refractivity contribution in [3.05, 3.63) is 62.4 Å². The molecule has 0 spiro atoms. The Bertz CT molecular complexity index is 1390. The quantitative estimate of drug-likeness (QED) is 0.494. The van der Waals surface area contributed by atoms with E-state index in [4.69, 9.17) is 23.2 Å². The first-order chi connectivity index (χ1) is 16.4. The van der Waals surface area contributed by atoms with Crippen LogP contribution in [0.25, 0.3) is 11.0 Å². The number of hydrogen-bond acceptors (Lipinski definition) is 3. The van der Waals surface area contributed by atoms with Gasteiger partial charge in [0.05, 0.1) is 27.5 Å². The maximum atomic E-state index is 14.0. The van der Waals surface area contributed by atoms with Crippen LogP contribution in [0.2, 0.25) is 10.0 Å². The van der Waals surface area contributed by atoms with E-state index in [9.17, 15) is 23.5 Å². The van der Waals surface area contributed by atoms with Crippen LogP contribution in [0, 0.1) is 24.7 Å². The molecule has 1 N–H and O–H groups in total. The zero-order valence-electron chi connectivity index (χ0n) is 19.3. The number of imidazole rings is 1. The number of aryl methyl sites for hydroxylation is 2. The van der Waals surface area contributed by atoms with Gasteiger partial charge < -0.3 is 14.6 Å². The van der Waals surface area contributed by atoms with Crippen LogP contribution in [-0.2, 0) is 24.2 Å². The van der Waals surface area contributed by atoms with Crippen LogP contribution in [0.5, 0.6) is 0 Å². The van der Waals surface area contributed by atoms with Crippen LogP contribution in [-0.4, -0.2) is 44.5 Å². The molecule has 1 amide bonds. The molecule has 10 heteroatoms. The molecule has 0 radical (unpaired) electrons. The number of likely N-dealkylation sites (tertiary alicyclic amines) is 1. The van der Waals surface area contributed by atoms with Gasteiger partial charge in [-0.25, -0.2) is 13.8 Å². The number of nitrogens with zero attached hydrogens (tertiary/aromatic N) is 3. The highest BCUT2D eigenvalue weighted by Crippen LogP contribution is 2.52. The van der Waals surface area contributed by atoms with E-state index >= 15 is 0 Å². The molecule has 1 aromatic heterocycles. The summed E-state index contributed by atoms with van der Waals surface area (Å²) < 4.78 is 29.7. The lowest BCUT2D eigenvalue weighted by molar-refractivity contribution is -0.139. The Morgan fingerprint density at radius 2 is 1.86 bits per heavy atom. The highest BCUT2D eigenvalue weighted by molar-refractivity contribution is 6.38. The van der Waals surface area contributed by atoms with Crippen molar-refractivity contribution in [1.82, 2.24) is 14.5 Å². The van der Waals surface area contributed by atoms with Crippen LogP contribution >= 0.6 is 23.2 Å². The molecule has 3 atom stereocenters. The smallest absolute Gasteiger partial charge is 0.307 e. The fraction of sp³-hybridized carbons (Fsp3) is 0.400. The molecule has 1 saturated heterocycles. The van der Waals surface area contributed by atoms with Crippen molar-refractivity contribution < 1.29 is 23.5 Å². The minimum atomic E-state index is -2.98. The van der Waals surface area contributed by atoms with Crippen molar-refractivity contribution in [3.8, 4) is 0 Å². The molecule has 2 aromatic carbocycles. The standard InChI is InChI=1S/C25H23Cl2F2N3O3/c1-11-6-12(25(2,28)29)7-18-22(11)30-19(31(18)3)8-14-17(26)5-4-13(21(14)27)23(33)32-9-15-16(10-32)20(15)24(34)35/h4-7,15-16,20H,8-10H2,1-3H3,(H,34,35)/t15-,16+,20+. The van der Waals surface area contributed by atoms with Crippen LogP contribution in [0.4, 0.5) is 8.78 Å². The Morgan fingerprint density at radius 3 is 2.46 bits per heavy atom. The second-order valence-electron chi connectivity index (χ2n) is 9.60. The Hall–Kier alpha value is -2.71.